The molecule has 4 heteroatoms. The molecule has 0 amide bonds. The molecule has 0 aliphatic rings. The summed E-state index contributed by atoms with van der Waals surface area (Å²) in [5, 5.41) is 10.1. The summed E-state index contributed by atoms with van der Waals surface area (Å²) in [6, 6.07) is 6.87. The Labute approximate surface area is 101 Å². The molecule has 0 aromatic heterocycles. The van der Waals surface area contributed by atoms with Gasteiger partial charge in [-0.15, -0.1) is 0 Å². The number of aldehydes is 1. The summed E-state index contributed by atoms with van der Waals surface area (Å²) in [5.41, 5.74) is 5.70. The number of carbonyl (C=O) groups excluding carboxylic acids is 1. The predicted molar refractivity (Wildman–Crippen MR) is 65.6 cm³/mol. The maximum Gasteiger partial charge on any atom is 0.169 e. The molecular formula is C13H19NO3. The maximum atomic E-state index is 11.0. The van der Waals surface area contributed by atoms with Crippen molar-refractivity contribution >= 4 is 6.29 Å². The van der Waals surface area contributed by atoms with Gasteiger partial charge < -0.3 is 9.84 Å². The van der Waals surface area contributed by atoms with Crippen LogP contribution in [0.25, 0.3) is 0 Å². The molecule has 0 aliphatic carbocycles. The molecule has 3 N–H and O–H groups in total. The van der Waals surface area contributed by atoms with E-state index in [4.69, 9.17) is 10.5 Å². The largest absolute Gasteiger partial charge is 0.388 e. The molecule has 17 heavy (non-hydrogen) atoms. The monoisotopic (exact) mass is 237 g/mol. The summed E-state index contributed by atoms with van der Waals surface area (Å²) < 4.78 is 5.25. The van der Waals surface area contributed by atoms with E-state index >= 15 is 0 Å². The molecule has 0 heterocycles. The first-order valence-corrected chi connectivity index (χ1v) is 5.67. The number of hydrogen-bond donors (Lipinski definition) is 2. The first kappa shape index (κ1) is 13.8. The molecule has 0 radical (unpaired) electrons. The van der Waals surface area contributed by atoms with Crippen molar-refractivity contribution in [2.45, 2.75) is 31.6 Å². The number of carbonyl (C=O) groups is 1. The zero-order valence-electron chi connectivity index (χ0n) is 10.2. The molecule has 0 bridgehead atoms. The van der Waals surface area contributed by atoms with Crippen LogP contribution in [0.4, 0.5) is 0 Å². The van der Waals surface area contributed by atoms with Crippen LogP contribution >= 0.6 is 0 Å². The van der Waals surface area contributed by atoms with E-state index in [-0.39, 0.29) is 0 Å². The van der Waals surface area contributed by atoms with Crippen molar-refractivity contribution in [3.8, 4) is 0 Å². The lowest BCUT2D eigenvalue weighted by molar-refractivity contribution is -0.108. The Hall–Kier alpha value is -1.23. The van der Waals surface area contributed by atoms with E-state index in [0.29, 0.717) is 23.8 Å². The van der Waals surface area contributed by atoms with Crippen molar-refractivity contribution in [1.82, 2.24) is 0 Å². The normalized spacial score (nSPS) is 16.2. The van der Waals surface area contributed by atoms with Gasteiger partial charge in [-0.2, -0.15) is 0 Å². The number of hydrogen-bond acceptors (Lipinski definition) is 4. The van der Waals surface area contributed by atoms with E-state index in [1.807, 2.05) is 6.92 Å². The van der Waals surface area contributed by atoms with Gasteiger partial charge in [-0.05, 0) is 6.42 Å². The zero-order chi connectivity index (χ0) is 12.9. The van der Waals surface area contributed by atoms with Gasteiger partial charge in [0, 0.05) is 18.2 Å². The minimum Gasteiger partial charge on any atom is -0.388 e. The highest BCUT2D eigenvalue weighted by atomic mass is 16.5. The molecule has 94 valence electrons. The van der Waals surface area contributed by atoms with Gasteiger partial charge in [-0.1, -0.05) is 37.6 Å². The van der Waals surface area contributed by atoms with Crippen LogP contribution in [-0.2, 0) is 10.5 Å². The fourth-order valence-corrected chi connectivity index (χ4v) is 1.87. The van der Waals surface area contributed by atoms with Crippen LogP contribution in [0, 0.1) is 0 Å². The topological polar surface area (TPSA) is 72.6 Å². The third-order valence-corrected chi connectivity index (χ3v) is 2.90. The van der Waals surface area contributed by atoms with Crippen LogP contribution in [-0.4, -0.2) is 24.6 Å². The van der Waals surface area contributed by atoms with E-state index in [0.717, 1.165) is 6.42 Å². The Morgan fingerprint density at radius 2 is 2.18 bits per heavy atom. The van der Waals surface area contributed by atoms with Crippen LogP contribution in [0.5, 0.6) is 0 Å². The molecule has 0 aliphatic heterocycles. The van der Waals surface area contributed by atoms with E-state index in [1.165, 1.54) is 7.11 Å². The van der Waals surface area contributed by atoms with Crippen LogP contribution in [0.15, 0.2) is 24.3 Å². The number of aliphatic hydroxyl groups excluding tert-OH is 1. The standard InChI is InChI=1S/C13H19NO3/c1-3-6-12(16)13(14,17-2)11-8-5-4-7-10(11)9-15/h4-5,7-9,12,16H,3,6,14H2,1-2H3/t12-,13-/m1/s1. The summed E-state index contributed by atoms with van der Waals surface area (Å²) in [6.45, 7) is 1.95. The smallest absolute Gasteiger partial charge is 0.169 e. The van der Waals surface area contributed by atoms with Gasteiger partial charge in [0.05, 0.1) is 0 Å². The summed E-state index contributed by atoms with van der Waals surface area (Å²) in [6.07, 6.45) is 1.16. The number of ether oxygens (including phenoxy) is 1. The quantitative estimate of drug-likeness (QED) is 0.579. The second-order valence-corrected chi connectivity index (χ2v) is 4.01. The van der Waals surface area contributed by atoms with E-state index in [9.17, 15) is 9.90 Å². The molecule has 0 spiro atoms. The number of nitrogens with two attached hydrogens (primary N) is 1. The minimum atomic E-state index is -1.34. The fourth-order valence-electron chi connectivity index (χ4n) is 1.87. The van der Waals surface area contributed by atoms with Gasteiger partial charge in [0.15, 0.2) is 5.72 Å². The average molecular weight is 237 g/mol. The van der Waals surface area contributed by atoms with Gasteiger partial charge in [0.1, 0.15) is 12.4 Å². The molecule has 0 saturated carbocycles. The molecule has 1 aromatic carbocycles. The minimum absolute atomic E-state index is 0.437. The molecule has 2 atom stereocenters. The van der Waals surface area contributed by atoms with Gasteiger partial charge in [0.2, 0.25) is 0 Å². The van der Waals surface area contributed by atoms with Crippen LogP contribution in [0.2, 0.25) is 0 Å². The van der Waals surface area contributed by atoms with Gasteiger partial charge in [0.25, 0.3) is 0 Å². The SMILES string of the molecule is CCC[C@@H](O)[C@](N)(OC)c1ccccc1C=O. The molecular weight excluding hydrogens is 218 g/mol. The van der Waals surface area contributed by atoms with Crippen molar-refractivity contribution in [2.24, 2.45) is 5.73 Å². The van der Waals surface area contributed by atoms with E-state index in [1.54, 1.807) is 24.3 Å². The van der Waals surface area contributed by atoms with E-state index < -0.39 is 11.8 Å². The first-order chi connectivity index (χ1) is 8.10. The van der Waals surface area contributed by atoms with Crippen molar-refractivity contribution in [3.05, 3.63) is 35.4 Å². The lowest BCUT2D eigenvalue weighted by Gasteiger charge is -2.34. The third-order valence-electron chi connectivity index (χ3n) is 2.90. The number of aliphatic hydroxyl groups is 1. The molecule has 0 unspecified atom stereocenters. The Kier molecular flexibility index (Phi) is 4.81. The summed E-state index contributed by atoms with van der Waals surface area (Å²) in [5.74, 6) is 0. The molecule has 1 aromatic rings. The lowest BCUT2D eigenvalue weighted by atomic mass is 9.91. The number of benzene rings is 1. The molecule has 4 nitrogen and oxygen atoms in total. The van der Waals surface area contributed by atoms with Crippen molar-refractivity contribution < 1.29 is 14.6 Å². The molecule has 0 saturated heterocycles. The molecule has 1 rings (SSSR count). The Bertz CT molecular complexity index is 381. The second-order valence-electron chi connectivity index (χ2n) is 4.01. The summed E-state index contributed by atoms with van der Waals surface area (Å²) >= 11 is 0. The highest BCUT2D eigenvalue weighted by Gasteiger charge is 2.36. The zero-order valence-corrected chi connectivity index (χ0v) is 10.2. The van der Waals surface area contributed by atoms with Crippen LogP contribution in [0.3, 0.4) is 0 Å². The van der Waals surface area contributed by atoms with Crippen LogP contribution < -0.4 is 5.73 Å². The number of rotatable bonds is 6. The summed E-state index contributed by atoms with van der Waals surface area (Å²) in [7, 11) is 1.43. The first-order valence-electron chi connectivity index (χ1n) is 5.67. The second kappa shape index (κ2) is 5.91. The van der Waals surface area contributed by atoms with Gasteiger partial charge in [-0.25, -0.2) is 0 Å². The lowest BCUT2D eigenvalue weighted by Crippen LogP contribution is -2.50. The van der Waals surface area contributed by atoms with Crippen molar-refractivity contribution in [2.75, 3.05) is 7.11 Å². The number of methoxy groups -OCH3 is 1. The van der Waals surface area contributed by atoms with Gasteiger partial charge >= 0.3 is 0 Å². The fraction of sp³-hybridized carbons (Fsp3) is 0.462. The highest BCUT2D eigenvalue weighted by molar-refractivity contribution is 5.77. The van der Waals surface area contributed by atoms with E-state index in [2.05, 4.69) is 0 Å². The maximum absolute atomic E-state index is 11.0. The summed E-state index contributed by atoms with van der Waals surface area (Å²) in [4.78, 5) is 11.0. The van der Waals surface area contributed by atoms with Crippen LogP contribution in [0.1, 0.15) is 35.7 Å². The highest BCUT2D eigenvalue weighted by Crippen LogP contribution is 2.28. The third kappa shape index (κ3) is 2.72. The Balaban J connectivity index is 3.19. The average Bonchev–Trinajstić information content (AvgIpc) is 2.38. The van der Waals surface area contributed by atoms with Crippen molar-refractivity contribution in [1.29, 1.82) is 0 Å². The Morgan fingerprint density at radius 1 is 1.53 bits per heavy atom. The Morgan fingerprint density at radius 3 is 2.71 bits per heavy atom. The predicted octanol–water partition coefficient (Wildman–Crippen LogP) is 1.42. The molecule has 0 fully saturated rings. The van der Waals surface area contributed by atoms with Crippen molar-refractivity contribution in [3.63, 3.8) is 0 Å². The van der Waals surface area contributed by atoms with Gasteiger partial charge in [-0.3, -0.25) is 10.5 Å².